The molecule has 1 rings (SSSR count). The van der Waals surface area contributed by atoms with Gasteiger partial charge in [0, 0.05) is 0 Å². The number of amides is 1. The first kappa shape index (κ1) is 14.8. The summed E-state index contributed by atoms with van der Waals surface area (Å²) in [5.41, 5.74) is 6.17. The van der Waals surface area contributed by atoms with Crippen LogP contribution in [-0.4, -0.2) is 11.9 Å². The minimum absolute atomic E-state index is 0.327. The minimum atomic E-state index is -0.346. The third-order valence-electron chi connectivity index (χ3n) is 2.89. The number of rotatable bonds is 8. The van der Waals surface area contributed by atoms with Crippen molar-refractivity contribution < 1.29 is 4.79 Å². The zero-order chi connectivity index (χ0) is 13.4. The van der Waals surface area contributed by atoms with Crippen LogP contribution >= 0.6 is 11.6 Å². The van der Waals surface area contributed by atoms with Gasteiger partial charge in [-0.15, -0.1) is 0 Å². The van der Waals surface area contributed by atoms with Crippen LogP contribution in [0.15, 0.2) is 24.3 Å². The number of carbonyl (C=O) groups excluding carboxylic acids is 1. The van der Waals surface area contributed by atoms with Crippen molar-refractivity contribution in [2.75, 3.05) is 5.32 Å². The molecule has 1 amide bonds. The molecule has 0 aromatic heterocycles. The number of benzene rings is 1. The Morgan fingerprint density at radius 3 is 2.67 bits per heavy atom. The van der Waals surface area contributed by atoms with Gasteiger partial charge in [-0.2, -0.15) is 0 Å². The molecule has 18 heavy (non-hydrogen) atoms. The van der Waals surface area contributed by atoms with Gasteiger partial charge in [0.25, 0.3) is 0 Å². The number of halogens is 1. The molecule has 1 aromatic rings. The predicted octanol–water partition coefficient (Wildman–Crippen LogP) is 3.58. The molecule has 0 bridgehead atoms. The molecule has 0 fully saturated rings. The molecule has 1 aromatic carbocycles. The molecule has 1 unspecified atom stereocenters. The first-order chi connectivity index (χ1) is 8.65. The summed E-state index contributed by atoms with van der Waals surface area (Å²) in [5.74, 6) is -0.327. The highest BCUT2D eigenvalue weighted by atomic mass is 35.5. The molecule has 0 radical (unpaired) electrons. The van der Waals surface area contributed by atoms with Gasteiger partial charge in [-0.05, 0) is 18.6 Å². The molecule has 3 N–H and O–H groups in total. The number of para-hydroxylation sites is 1. The van der Waals surface area contributed by atoms with Gasteiger partial charge < -0.3 is 11.1 Å². The molecule has 0 aliphatic rings. The van der Waals surface area contributed by atoms with Crippen molar-refractivity contribution >= 4 is 23.2 Å². The van der Waals surface area contributed by atoms with Crippen molar-refractivity contribution in [3.8, 4) is 0 Å². The molecule has 1 atom stereocenters. The highest BCUT2D eigenvalue weighted by Gasteiger charge is 2.15. The molecular weight excluding hydrogens is 248 g/mol. The van der Waals surface area contributed by atoms with Gasteiger partial charge in [-0.1, -0.05) is 56.3 Å². The zero-order valence-electron chi connectivity index (χ0n) is 10.8. The second kappa shape index (κ2) is 7.98. The topological polar surface area (TPSA) is 55.1 Å². The van der Waals surface area contributed by atoms with Crippen LogP contribution in [-0.2, 0) is 4.79 Å². The third-order valence-corrected chi connectivity index (χ3v) is 3.22. The highest BCUT2D eigenvalue weighted by molar-refractivity contribution is 6.33. The minimum Gasteiger partial charge on any atom is -0.372 e. The number of nitrogens with two attached hydrogens (primary N) is 1. The number of anilines is 1. The van der Waals surface area contributed by atoms with E-state index >= 15 is 0 Å². The van der Waals surface area contributed by atoms with Crippen LogP contribution in [0.1, 0.15) is 39.0 Å². The number of hydrogen-bond acceptors (Lipinski definition) is 2. The lowest BCUT2D eigenvalue weighted by Gasteiger charge is -2.17. The number of unbranched alkanes of at least 4 members (excludes halogenated alkanes) is 3. The second-order valence-electron chi connectivity index (χ2n) is 4.43. The predicted molar refractivity (Wildman–Crippen MR) is 76.8 cm³/mol. The first-order valence-corrected chi connectivity index (χ1v) is 6.83. The molecular formula is C14H21ClN2O. The summed E-state index contributed by atoms with van der Waals surface area (Å²) in [6.07, 6.45) is 5.25. The molecule has 0 spiro atoms. The van der Waals surface area contributed by atoms with Crippen molar-refractivity contribution in [2.45, 2.75) is 45.1 Å². The first-order valence-electron chi connectivity index (χ1n) is 6.45. The molecule has 0 aliphatic heterocycles. The van der Waals surface area contributed by atoms with E-state index < -0.39 is 0 Å². The van der Waals surface area contributed by atoms with Crippen molar-refractivity contribution in [1.29, 1.82) is 0 Å². The Balaban J connectivity index is 2.53. The quantitative estimate of drug-likeness (QED) is 0.708. The Labute approximate surface area is 114 Å². The summed E-state index contributed by atoms with van der Waals surface area (Å²) in [6.45, 7) is 2.16. The van der Waals surface area contributed by atoms with E-state index in [1.165, 1.54) is 12.8 Å². The summed E-state index contributed by atoms with van der Waals surface area (Å²) in [4.78, 5) is 11.4. The summed E-state index contributed by atoms with van der Waals surface area (Å²) in [6, 6.07) is 7.03. The smallest absolute Gasteiger partial charge is 0.239 e. The van der Waals surface area contributed by atoms with E-state index in [0.29, 0.717) is 5.02 Å². The van der Waals surface area contributed by atoms with Gasteiger partial charge in [-0.3, -0.25) is 4.79 Å². The Hall–Kier alpha value is -1.22. The van der Waals surface area contributed by atoms with Crippen LogP contribution in [0, 0.1) is 0 Å². The summed E-state index contributed by atoms with van der Waals surface area (Å²) in [7, 11) is 0. The zero-order valence-corrected chi connectivity index (χ0v) is 11.5. The van der Waals surface area contributed by atoms with E-state index in [-0.39, 0.29) is 11.9 Å². The van der Waals surface area contributed by atoms with E-state index in [1.54, 1.807) is 6.07 Å². The van der Waals surface area contributed by atoms with E-state index in [9.17, 15) is 4.79 Å². The van der Waals surface area contributed by atoms with Crippen molar-refractivity contribution in [2.24, 2.45) is 5.73 Å². The Kier molecular flexibility index (Phi) is 6.58. The number of carbonyl (C=O) groups is 1. The fourth-order valence-electron chi connectivity index (χ4n) is 1.83. The summed E-state index contributed by atoms with van der Waals surface area (Å²) in [5, 5.41) is 3.73. The molecule has 0 saturated heterocycles. The third kappa shape index (κ3) is 4.96. The Morgan fingerprint density at radius 1 is 1.33 bits per heavy atom. The van der Waals surface area contributed by atoms with Gasteiger partial charge in [0.05, 0.1) is 10.7 Å². The maximum Gasteiger partial charge on any atom is 0.239 e. The van der Waals surface area contributed by atoms with Crippen LogP contribution in [0.25, 0.3) is 0 Å². The van der Waals surface area contributed by atoms with Crippen molar-refractivity contribution in [1.82, 2.24) is 0 Å². The van der Waals surface area contributed by atoms with Crippen LogP contribution in [0.2, 0.25) is 5.02 Å². The van der Waals surface area contributed by atoms with Gasteiger partial charge in [-0.25, -0.2) is 0 Å². The van der Waals surface area contributed by atoms with E-state index in [1.807, 2.05) is 18.2 Å². The molecule has 4 heteroatoms. The summed E-state index contributed by atoms with van der Waals surface area (Å²) >= 11 is 6.04. The van der Waals surface area contributed by atoms with Crippen LogP contribution in [0.4, 0.5) is 5.69 Å². The maximum absolute atomic E-state index is 11.4. The van der Waals surface area contributed by atoms with Crippen LogP contribution in [0.5, 0.6) is 0 Å². The van der Waals surface area contributed by atoms with Crippen LogP contribution in [0.3, 0.4) is 0 Å². The average molecular weight is 269 g/mol. The molecule has 0 heterocycles. The normalized spacial score (nSPS) is 12.1. The van der Waals surface area contributed by atoms with Gasteiger partial charge in [0.1, 0.15) is 6.04 Å². The standard InChI is InChI=1S/C14H21ClN2O/c1-2-3-4-5-10-13(14(16)18)17-12-9-7-6-8-11(12)15/h6-9,13,17H,2-5,10H2,1H3,(H2,16,18). The molecule has 100 valence electrons. The molecule has 0 saturated carbocycles. The monoisotopic (exact) mass is 268 g/mol. The van der Waals surface area contributed by atoms with E-state index in [2.05, 4.69) is 12.2 Å². The Morgan fingerprint density at radius 2 is 2.06 bits per heavy atom. The lowest BCUT2D eigenvalue weighted by Crippen LogP contribution is -2.35. The van der Waals surface area contributed by atoms with Crippen molar-refractivity contribution in [3.05, 3.63) is 29.3 Å². The lowest BCUT2D eigenvalue weighted by atomic mass is 10.1. The van der Waals surface area contributed by atoms with E-state index in [0.717, 1.165) is 24.9 Å². The van der Waals surface area contributed by atoms with Gasteiger partial charge >= 0.3 is 0 Å². The average Bonchev–Trinajstić information content (AvgIpc) is 2.35. The number of nitrogens with one attached hydrogen (secondary N) is 1. The van der Waals surface area contributed by atoms with Crippen molar-refractivity contribution in [3.63, 3.8) is 0 Å². The molecule has 0 aliphatic carbocycles. The number of hydrogen-bond donors (Lipinski definition) is 2. The Bertz CT molecular complexity index is 382. The summed E-state index contributed by atoms with van der Waals surface area (Å²) < 4.78 is 0. The number of primary amides is 1. The van der Waals surface area contributed by atoms with E-state index in [4.69, 9.17) is 17.3 Å². The maximum atomic E-state index is 11.4. The molecule has 3 nitrogen and oxygen atoms in total. The largest absolute Gasteiger partial charge is 0.372 e. The second-order valence-corrected chi connectivity index (χ2v) is 4.84. The fraction of sp³-hybridized carbons (Fsp3) is 0.500. The lowest BCUT2D eigenvalue weighted by molar-refractivity contribution is -0.118. The highest BCUT2D eigenvalue weighted by Crippen LogP contribution is 2.22. The van der Waals surface area contributed by atoms with Gasteiger partial charge in [0.15, 0.2) is 0 Å². The fourth-order valence-corrected chi connectivity index (χ4v) is 2.02. The van der Waals surface area contributed by atoms with Gasteiger partial charge in [0.2, 0.25) is 5.91 Å². The SMILES string of the molecule is CCCCCCC(Nc1ccccc1Cl)C(N)=O. The van der Waals surface area contributed by atoms with Crippen LogP contribution < -0.4 is 11.1 Å².